The number of aryl methyl sites for hydroxylation is 1. The molecule has 21 heavy (non-hydrogen) atoms. The molecule has 0 fully saturated rings. The van der Waals surface area contributed by atoms with Gasteiger partial charge in [-0.3, -0.25) is 0 Å². The fourth-order valence-electron chi connectivity index (χ4n) is 1.95. The van der Waals surface area contributed by atoms with Gasteiger partial charge in [-0.25, -0.2) is 14.1 Å². The molecule has 0 saturated heterocycles. The van der Waals surface area contributed by atoms with Gasteiger partial charge in [0.15, 0.2) is 0 Å². The molecule has 4 heteroatoms. The van der Waals surface area contributed by atoms with Crippen LogP contribution >= 0.6 is 0 Å². The van der Waals surface area contributed by atoms with Gasteiger partial charge in [0.25, 0.3) is 0 Å². The lowest BCUT2D eigenvalue weighted by Crippen LogP contribution is -1.95. The van der Waals surface area contributed by atoms with Crippen molar-refractivity contribution in [1.82, 2.24) is 14.8 Å². The molecular weight excluding hydrogens is 265 g/mol. The summed E-state index contributed by atoms with van der Waals surface area (Å²) in [5, 5.41) is 4.21. The van der Waals surface area contributed by atoms with Crippen LogP contribution in [0.4, 0.5) is 4.39 Å². The molecule has 0 unspecified atom stereocenters. The summed E-state index contributed by atoms with van der Waals surface area (Å²) in [6.07, 6.45) is 5.11. The minimum atomic E-state index is -0.276. The van der Waals surface area contributed by atoms with Crippen molar-refractivity contribution in [1.29, 1.82) is 0 Å². The molecule has 3 nitrogen and oxygen atoms in total. The first-order valence-corrected chi connectivity index (χ1v) is 6.46. The molecule has 0 spiro atoms. The summed E-state index contributed by atoms with van der Waals surface area (Å²) in [6.45, 7) is 1.85. The largest absolute Gasteiger partial charge is 0.248 e. The zero-order chi connectivity index (χ0) is 14.7. The molecule has 2 aromatic heterocycles. The fourth-order valence-corrected chi connectivity index (χ4v) is 1.95. The van der Waals surface area contributed by atoms with Crippen LogP contribution in [0.15, 0.2) is 55.0 Å². The summed E-state index contributed by atoms with van der Waals surface area (Å²) in [4.78, 5) is 4.13. The molecule has 0 aliphatic heterocycles. The Labute approximate surface area is 122 Å². The van der Waals surface area contributed by atoms with Crippen LogP contribution in [0, 0.1) is 24.6 Å². The van der Waals surface area contributed by atoms with Crippen LogP contribution in [-0.4, -0.2) is 14.8 Å². The Balaban J connectivity index is 1.89. The summed E-state index contributed by atoms with van der Waals surface area (Å²) >= 11 is 0. The van der Waals surface area contributed by atoms with Crippen molar-refractivity contribution in [3.63, 3.8) is 0 Å². The summed E-state index contributed by atoms with van der Waals surface area (Å²) < 4.78 is 15.0. The van der Waals surface area contributed by atoms with E-state index in [0.29, 0.717) is 11.4 Å². The molecule has 0 N–H and O–H groups in total. The van der Waals surface area contributed by atoms with Crippen LogP contribution in [0.3, 0.4) is 0 Å². The Morgan fingerprint density at radius 1 is 1.14 bits per heavy atom. The highest BCUT2D eigenvalue weighted by molar-refractivity contribution is 5.41. The zero-order valence-electron chi connectivity index (χ0n) is 11.4. The van der Waals surface area contributed by atoms with Crippen LogP contribution in [0.1, 0.15) is 16.8 Å². The van der Waals surface area contributed by atoms with E-state index in [2.05, 4.69) is 21.9 Å². The van der Waals surface area contributed by atoms with Gasteiger partial charge in [0, 0.05) is 12.4 Å². The minimum absolute atomic E-state index is 0.276. The second kappa shape index (κ2) is 5.59. The first-order valence-electron chi connectivity index (χ1n) is 6.46. The van der Waals surface area contributed by atoms with Gasteiger partial charge >= 0.3 is 0 Å². The second-order valence-electron chi connectivity index (χ2n) is 4.63. The van der Waals surface area contributed by atoms with Crippen molar-refractivity contribution in [2.45, 2.75) is 6.92 Å². The molecule has 0 bridgehead atoms. The van der Waals surface area contributed by atoms with Gasteiger partial charge in [-0.15, -0.1) is 0 Å². The molecule has 0 amide bonds. The van der Waals surface area contributed by atoms with Gasteiger partial charge in [-0.05, 0) is 48.7 Å². The monoisotopic (exact) mass is 277 g/mol. The maximum Gasteiger partial charge on any atom is 0.125 e. The molecule has 3 aromatic rings. The molecule has 0 aliphatic carbocycles. The maximum atomic E-state index is 13.4. The summed E-state index contributed by atoms with van der Waals surface area (Å²) in [7, 11) is 0. The van der Waals surface area contributed by atoms with E-state index in [-0.39, 0.29) is 5.82 Å². The number of benzene rings is 1. The molecule has 3 rings (SSSR count). The summed E-state index contributed by atoms with van der Waals surface area (Å²) in [5.74, 6) is 5.67. The quantitative estimate of drug-likeness (QED) is 0.640. The highest BCUT2D eigenvalue weighted by atomic mass is 19.1. The average Bonchev–Trinajstić information content (AvgIpc) is 2.94. The fraction of sp³-hybridized carbons (Fsp3) is 0.0588. The van der Waals surface area contributed by atoms with Crippen LogP contribution in [0.5, 0.6) is 0 Å². The number of pyridine rings is 1. The predicted molar refractivity (Wildman–Crippen MR) is 78.5 cm³/mol. The molecule has 0 aliphatic rings. The van der Waals surface area contributed by atoms with Crippen LogP contribution in [-0.2, 0) is 0 Å². The molecule has 1 aromatic carbocycles. The van der Waals surface area contributed by atoms with Gasteiger partial charge in [0.05, 0.1) is 17.4 Å². The van der Waals surface area contributed by atoms with Crippen molar-refractivity contribution in [3.8, 4) is 17.5 Å². The van der Waals surface area contributed by atoms with E-state index in [9.17, 15) is 4.39 Å². The van der Waals surface area contributed by atoms with Gasteiger partial charge in [0.2, 0.25) is 0 Å². The number of hydrogen-bond acceptors (Lipinski definition) is 2. The van der Waals surface area contributed by atoms with E-state index in [1.54, 1.807) is 23.3 Å². The van der Waals surface area contributed by atoms with E-state index >= 15 is 0 Å². The topological polar surface area (TPSA) is 30.7 Å². The van der Waals surface area contributed by atoms with Crippen LogP contribution < -0.4 is 0 Å². The Bertz CT molecular complexity index is 806. The van der Waals surface area contributed by atoms with E-state index in [1.807, 2.05) is 31.2 Å². The molecule has 2 heterocycles. The number of halogens is 1. The van der Waals surface area contributed by atoms with E-state index in [4.69, 9.17) is 0 Å². The van der Waals surface area contributed by atoms with Gasteiger partial charge < -0.3 is 0 Å². The van der Waals surface area contributed by atoms with Gasteiger partial charge in [-0.2, -0.15) is 5.10 Å². The number of nitrogens with zero attached hydrogens (tertiary/aromatic N) is 3. The zero-order valence-corrected chi connectivity index (χ0v) is 11.4. The lowest BCUT2D eigenvalue weighted by atomic mass is 10.2. The average molecular weight is 277 g/mol. The van der Waals surface area contributed by atoms with Crippen LogP contribution in [0.25, 0.3) is 5.69 Å². The van der Waals surface area contributed by atoms with Gasteiger partial charge in [-0.1, -0.05) is 12.0 Å². The predicted octanol–water partition coefficient (Wildman–Crippen LogP) is 3.11. The normalized spacial score (nSPS) is 10.0. The van der Waals surface area contributed by atoms with Crippen LogP contribution in [0.2, 0.25) is 0 Å². The van der Waals surface area contributed by atoms with E-state index in [0.717, 1.165) is 11.1 Å². The van der Waals surface area contributed by atoms with E-state index in [1.165, 1.54) is 12.1 Å². The van der Waals surface area contributed by atoms with Crippen molar-refractivity contribution in [3.05, 3.63) is 77.6 Å². The Kier molecular flexibility index (Phi) is 3.48. The molecule has 0 saturated carbocycles. The SMILES string of the molecule is Cc1cc(F)cc(-n2cc(C#Cc3ccccn3)cn2)c1. The first-order chi connectivity index (χ1) is 10.2. The summed E-state index contributed by atoms with van der Waals surface area (Å²) in [5.41, 5.74) is 2.98. The van der Waals surface area contributed by atoms with Crippen molar-refractivity contribution < 1.29 is 4.39 Å². The first kappa shape index (κ1) is 13.1. The number of aromatic nitrogens is 3. The number of rotatable bonds is 1. The third-order valence-electron chi connectivity index (χ3n) is 2.87. The van der Waals surface area contributed by atoms with E-state index < -0.39 is 0 Å². The third kappa shape index (κ3) is 3.15. The second-order valence-corrected chi connectivity index (χ2v) is 4.63. The minimum Gasteiger partial charge on any atom is -0.248 e. The lowest BCUT2D eigenvalue weighted by molar-refractivity contribution is 0.624. The Morgan fingerprint density at radius 2 is 2.05 bits per heavy atom. The smallest absolute Gasteiger partial charge is 0.125 e. The number of hydrogen-bond donors (Lipinski definition) is 0. The van der Waals surface area contributed by atoms with Crippen molar-refractivity contribution in [2.75, 3.05) is 0 Å². The molecule has 0 atom stereocenters. The third-order valence-corrected chi connectivity index (χ3v) is 2.87. The maximum absolute atomic E-state index is 13.4. The highest BCUT2D eigenvalue weighted by Crippen LogP contribution is 2.13. The Hall–Kier alpha value is -2.93. The summed E-state index contributed by atoms with van der Waals surface area (Å²) in [6, 6.07) is 10.4. The Morgan fingerprint density at radius 3 is 2.81 bits per heavy atom. The van der Waals surface area contributed by atoms with Crippen molar-refractivity contribution >= 4 is 0 Å². The van der Waals surface area contributed by atoms with Gasteiger partial charge in [0.1, 0.15) is 11.5 Å². The highest BCUT2D eigenvalue weighted by Gasteiger charge is 2.02. The molecular formula is C17H12FN3. The lowest BCUT2D eigenvalue weighted by Gasteiger charge is -2.02. The standard InChI is InChI=1S/C17H12FN3/c1-13-8-15(18)10-17(9-13)21-12-14(11-20-21)5-6-16-4-2-3-7-19-16/h2-4,7-12H,1H3. The molecule has 102 valence electrons. The molecule has 0 radical (unpaired) electrons. The van der Waals surface area contributed by atoms with Crippen molar-refractivity contribution in [2.24, 2.45) is 0 Å².